The van der Waals surface area contributed by atoms with Gasteiger partial charge in [0.15, 0.2) is 5.78 Å². The van der Waals surface area contributed by atoms with Crippen LogP contribution in [0, 0.1) is 11.8 Å². The molecule has 0 amide bonds. The molecule has 4 heteroatoms. The Morgan fingerprint density at radius 3 is 2.65 bits per heavy atom. The van der Waals surface area contributed by atoms with Gasteiger partial charge in [-0.2, -0.15) is 0 Å². The molecule has 0 unspecified atom stereocenters. The number of hydrogen-bond acceptors (Lipinski definition) is 3. The number of benzene rings is 1. The highest BCUT2D eigenvalue weighted by molar-refractivity contribution is 6.15. The summed E-state index contributed by atoms with van der Waals surface area (Å²) in [4.78, 5) is 27.7. The number of ether oxygens (including phenoxy) is 1. The number of para-hydroxylation sites is 1. The van der Waals surface area contributed by atoms with Gasteiger partial charge in [0.25, 0.3) is 0 Å². The number of H-pyrrole nitrogens is 1. The standard InChI is InChI=1S/C16H17NO3/c1-8(2)11-12-9-6-4-5-7-10(9)17-14(12)15(18)13(11)16(19)20-3/h4-8,11,13,17H,1-3H3/t11-,13+/m0/s1. The van der Waals surface area contributed by atoms with Crippen molar-refractivity contribution in [2.24, 2.45) is 11.8 Å². The zero-order valence-corrected chi connectivity index (χ0v) is 11.8. The highest BCUT2D eigenvalue weighted by atomic mass is 16.5. The van der Waals surface area contributed by atoms with Crippen LogP contribution in [0.25, 0.3) is 10.9 Å². The Kier molecular flexibility index (Phi) is 2.89. The van der Waals surface area contributed by atoms with E-state index in [0.717, 1.165) is 16.5 Å². The van der Waals surface area contributed by atoms with Crippen LogP contribution in [0.3, 0.4) is 0 Å². The van der Waals surface area contributed by atoms with Crippen molar-refractivity contribution in [3.63, 3.8) is 0 Å². The monoisotopic (exact) mass is 271 g/mol. The number of esters is 1. The van der Waals surface area contributed by atoms with Crippen LogP contribution in [0.4, 0.5) is 0 Å². The fraction of sp³-hybridized carbons (Fsp3) is 0.375. The minimum absolute atomic E-state index is 0.124. The highest BCUT2D eigenvalue weighted by Crippen LogP contribution is 2.46. The van der Waals surface area contributed by atoms with Crippen molar-refractivity contribution in [3.05, 3.63) is 35.5 Å². The number of carbonyl (C=O) groups is 2. The Hall–Kier alpha value is -2.10. The molecule has 1 aromatic heterocycles. The van der Waals surface area contributed by atoms with Crippen molar-refractivity contribution >= 4 is 22.7 Å². The number of ketones is 1. The van der Waals surface area contributed by atoms with Crippen molar-refractivity contribution in [2.75, 3.05) is 7.11 Å². The lowest BCUT2D eigenvalue weighted by molar-refractivity contribution is -0.144. The molecule has 0 spiro atoms. The molecule has 1 aromatic carbocycles. The third-order valence-corrected chi connectivity index (χ3v) is 4.14. The van der Waals surface area contributed by atoms with Crippen LogP contribution in [0.1, 0.15) is 35.8 Å². The Bertz CT molecular complexity index is 699. The molecule has 1 N–H and O–H groups in total. The first-order chi connectivity index (χ1) is 9.56. The van der Waals surface area contributed by atoms with Gasteiger partial charge in [-0.05, 0) is 17.5 Å². The second-order valence-corrected chi connectivity index (χ2v) is 5.59. The molecular weight excluding hydrogens is 254 g/mol. The van der Waals surface area contributed by atoms with E-state index in [1.165, 1.54) is 7.11 Å². The fourth-order valence-corrected chi connectivity index (χ4v) is 3.29. The van der Waals surface area contributed by atoms with Gasteiger partial charge in [0.2, 0.25) is 0 Å². The molecule has 0 saturated carbocycles. The zero-order valence-electron chi connectivity index (χ0n) is 11.8. The maximum Gasteiger partial charge on any atom is 0.317 e. The molecule has 3 rings (SSSR count). The number of hydrogen-bond donors (Lipinski definition) is 1. The first kappa shape index (κ1) is 12.9. The minimum atomic E-state index is -0.717. The summed E-state index contributed by atoms with van der Waals surface area (Å²) in [5.41, 5.74) is 2.48. The van der Waals surface area contributed by atoms with E-state index in [-0.39, 0.29) is 17.6 Å². The lowest BCUT2D eigenvalue weighted by Gasteiger charge is -2.21. The van der Waals surface area contributed by atoms with E-state index < -0.39 is 11.9 Å². The van der Waals surface area contributed by atoms with Crippen molar-refractivity contribution < 1.29 is 14.3 Å². The molecule has 1 aliphatic carbocycles. The van der Waals surface area contributed by atoms with Gasteiger partial charge in [0.05, 0.1) is 12.8 Å². The summed E-state index contributed by atoms with van der Waals surface area (Å²) in [5, 5.41) is 1.03. The topological polar surface area (TPSA) is 59.2 Å². The van der Waals surface area contributed by atoms with Crippen molar-refractivity contribution in [1.29, 1.82) is 0 Å². The third-order valence-electron chi connectivity index (χ3n) is 4.14. The van der Waals surface area contributed by atoms with Crippen LogP contribution in [0.5, 0.6) is 0 Å². The molecule has 1 heterocycles. The molecule has 0 bridgehead atoms. The van der Waals surface area contributed by atoms with E-state index in [0.29, 0.717) is 5.69 Å². The largest absolute Gasteiger partial charge is 0.468 e. The van der Waals surface area contributed by atoms with Crippen LogP contribution in [0.15, 0.2) is 24.3 Å². The molecule has 2 aromatic rings. The molecule has 0 radical (unpaired) electrons. The van der Waals surface area contributed by atoms with E-state index in [4.69, 9.17) is 4.74 Å². The third kappa shape index (κ3) is 1.60. The maximum atomic E-state index is 12.5. The molecule has 1 aliphatic rings. The van der Waals surface area contributed by atoms with Gasteiger partial charge in [0, 0.05) is 16.8 Å². The predicted molar refractivity (Wildman–Crippen MR) is 75.7 cm³/mol. The van der Waals surface area contributed by atoms with Crippen LogP contribution >= 0.6 is 0 Å². The number of nitrogens with one attached hydrogen (secondary N) is 1. The van der Waals surface area contributed by atoms with Crippen LogP contribution in [-0.4, -0.2) is 23.8 Å². The Morgan fingerprint density at radius 2 is 2.00 bits per heavy atom. The number of methoxy groups -OCH3 is 1. The lowest BCUT2D eigenvalue weighted by atomic mass is 9.82. The molecule has 0 aliphatic heterocycles. The number of rotatable bonds is 2. The average Bonchev–Trinajstić information content (AvgIpc) is 2.94. The van der Waals surface area contributed by atoms with E-state index >= 15 is 0 Å². The van der Waals surface area contributed by atoms with Crippen LogP contribution in [0.2, 0.25) is 0 Å². The molecule has 2 atom stereocenters. The molecular formula is C16H17NO3. The second kappa shape index (κ2) is 4.47. The summed E-state index contributed by atoms with van der Waals surface area (Å²) in [5.74, 6) is -1.25. The van der Waals surface area contributed by atoms with E-state index in [9.17, 15) is 9.59 Å². The van der Waals surface area contributed by atoms with E-state index in [2.05, 4.69) is 4.98 Å². The minimum Gasteiger partial charge on any atom is -0.468 e. The molecule has 20 heavy (non-hydrogen) atoms. The summed E-state index contributed by atoms with van der Waals surface area (Å²) >= 11 is 0. The van der Waals surface area contributed by atoms with E-state index in [1.807, 2.05) is 38.1 Å². The van der Waals surface area contributed by atoms with Gasteiger partial charge in [0.1, 0.15) is 5.92 Å². The smallest absolute Gasteiger partial charge is 0.317 e. The van der Waals surface area contributed by atoms with Gasteiger partial charge in [-0.25, -0.2) is 0 Å². The molecule has 0 saturated heterocycles. The Morgan fingerprint density at radius 1 is 1.30 bits per heavy atom. The number of aromatic amines is 1. The summed E-state index contributed by atoms with van der Waals surface area (Å²) in [7, 11) is 1.33. The molecule has 0 fully saturated rings. The quantitative estimate of drug-likeness (QED) is 0.675. The first-order valence-electron chi connectivity index (χ1n) is 6.79. The predicted octanol–water partition coefficient (Wildman–Crippen LogP) is 2.89. The first-order valence-corrected chi connectivity index (χ1v) is 6.79. The summed E-state index contributed by atoms with van der Waals surface area (Å²) in [6.07, 6.45) is 0. The summed E-state index contributed by atoms with van der Waals surface area (Å²) < 4.78 is 4.82. The van der Waals surface area contributed by atoms with Crippen LogP contribution < -0.4 is 0 Å². The highest BCUT2D eigenvalue weighted by Gasteiger charge is 2.48. The van der Waals surface area contributed by atoms with Crippen molar-refractivity contribution in [3.8, 4) is 0 Å². The van der Waals surface area contributed by atoms with Gasteiger partial charge < -0.3 is 9.72 Å². The lowest BCUT2D eigenvalue weighted by Crippen LogP contribution is -2.28. The van der Waals surface area contributed by atoms with Gasteiger partial charge >= 0.3 is 5.97 Å². The molecule has 4 nitrogen and oxygen atoms in total. The van der Waals surface area contributed by atoms with Gasteiger partial charge in [-0.3, -0.25) is 9.59 Å². The second-order valence-electron chi connectivity index (χ2n) is 5.59. The zero-order chi connectivity index (χ0) is 14.4. The van der Waals surface area contributed by atoms with Crippen molar-refractivity contribution in [1.82, 2.24) is 4.98 Å². The number of carbonyl (C=O) groups excluding carboxylic acids is 2. The van der Waals surface area contributed by atoms with Gasteiger partial charge in [-0.15, -0.1) is 0 Å². The van der Waals surface area contributed by atoms with Gasteiger partial charge in [-0.1, -0.05) is 32.0 Å². The fourth-order valence-electron chi connectivity index (χ4n) is 3.29. The SMILES string of the molecule is COC(=O)[C@H]1C(=O)c2[nH]c3ccccc3c2[C@@H]1C(C)C. The number of Topliss-reactive ketones (excluding diaryl/α,β-unsaturated/α-hetero) is 1. The number of fused-ring (bicyclic) bond motifs is 3. The summed E-state index contributed by atoms with van der Waals surface area (Å²) in [6, 6.07) is 7.82. The maximum absolute atomic E-state index is 12.5. The van der Waals surface area contributed by atoms with Crippen LogP contribution in [-0.2, 0) is 9.53 Å². The molecule has 104 valence electrons. The Balaban J connectivity index is 2.24. The average molecular weight is 271 g/mol. The Labute approximate surface area is 117 Å². The normalized spacial score (nSPS) is 21.5. The summed E-state index contributed by atoms with van der Waals surface area (Å²) in [6.45, 7) is 4.07. The van der Waals surface area contributed by atoms with Crippen molar-refractivity contribution in [2.45, 2.75) is 19.8 Å². The van der Waals surface area contributed by atoms with E-state index in [1.54, 1.807) is 0 Å². The number of aromatic nitrogens is 1.